The number of amides is 2. The van der Waals surface area contributed by atoms with Crippen molar-refractivity contribution >= 4 is 17.6 Å². The lowest BCUT2D eigenvalue weighted by molar-refractivity contribution is -0.875. The monoisotopic (exact) mass is 381 g/mol. The Morgan fingerprint density at radius 1 is 1.04 bits per heavy atom. The number of nitrogens with one attached hydrogen (secondary N) is 1. The zero-order valence-electron chi connectivity index (χ0n) is 16.0. The molecular weight excluding hydrogens is 356 g/mol. The molecule has 2 aromatic rings. The molecule has 6 heteroatoms. The SMILES string of the molecule is CONC(=O)C(=O)C(Cc1ccccc1)[N+]1(Cc2ccccc2)CCCC1=O. The number of hydrogen-bond donors (Lipinski definition) is 1. The fraction of sp³-hybridized carbons (Fsp3) is 0.318. The summed E-state index contributed by atoms with van der Waals surface area (Å²) in [6.45, 7) is 0.931. The van der Waals surface area contributed by atoms with E-state index in [4.69, 9.17) is 0 Å². The number of quaternary nitrogens is 1. The van der Waals surface area contributed by atoms with Crippen molar-refractivity contribution < 1.29 is 23.7 Å². The van der Waals surface area contributed by atoms with E-state index >= 15 is 0 Å². The van der Waals surface area contributed by atoms with Gasteiger partial charge in [-0.05, 0) is 5.56 Å². The van der Waals surface area contributed by atoms with Crippen molar-refractivity contribution in [3.8, 4) is 0 Å². The number of nitrogens with zero attached hydrogens (tertiary/aromatic N) is 1. The summed E-state index contributed by atoms with van der Waals surface area (Å²) in [5.74, 6) is -1.45. The quantitative estimate of drug-likeness (QED) is 0.432. The van der Waals surface area contributed by atoms with Gasteiger partial charge in [-0.15, -0.1) is 0 Å². The van der Waals surface area contributed by atoms with Crippen LogP contribution in [0.2, 0.25) is 0 Å². The fourth-order valence-corrected chi connectivity index (χ4v) is 4.00. The second-order valence-corrected chi connectivity index (χ2v) is 7.10. The first-order chi connectivity index (χ1) is 13.6. The minimum absolute atomic E-state index is 0.00310. The molecule has 1 N–H and O–H groups in total. The largest absolute Gasteiger partial charge is 0.317 e. The third-order valence-electron chi connectivity index (χ3n) is 5.34. The number of hydrogen-bond acceptors (Lipinski definition) is 4. The van der Waals surface area contributed by atoms with Crippen LogP contribution >= 0.6 is 0 Å². The molecule has 2 aromatic carbocycles. The molecule has 2 amide bonds. The molecule has 1 saturated heterocycles. The van der Waals surface area contributed by atoms with Crippen molar-refractivity contribution in [3.63, 3.8) is 0 Å². The minimum Gasteiger partial charge on any atom is -0.282 e. The Balaban J connectivity index is 2.01. The number of ketones is 1. The van der Waals surface area contributed by atoms with Crippen LogP contribution in [0.3, 0.4) is 0 Å². The van der Waals surface area contributed by atoms with Gasteiger partial charge in [0.1, 0.15) is 6.54 Å². The number of carbonyl (C=O) groups excluding carboxylic acids is 3. The molecule has 3 rings (SSSR count). The predicted octanol–water partition coefficient (Wildman–Crippen LogP) is 2.18. The molecule has 0 spiro atoms. The van der Waals surface area contributed by atoms with E-state index in [-0.39, 0.29) is 10.4 Å². The highest BCUT2D eigenvalue weighted by Gasteiger charge is 2.52. The van der Waals surface area contributed by atoms with E-state index < -0.39 is 17.7 Å². The maximum absolute atomic E-state index is 13.1. The molecule has 28 heavy (non-hydrogen) atoms. The van der Waals surface area contributed by atoms with E-state index in [0.717, 1.165) is 11.1 Å². The first-order valence-corrected chi connectivity index (χ1v) is 9.42. The van der Waals surface area contributed by atoms with Crippen LogP contribution in [-0.2, 0) is 32.2 Å². The van der Waals surface area contributed by atoms with Crippen molar-refractivity contribution in [1.29, 1.82) is 0 Å². The molecular formula is C22H25N2O4+. The van der Waals surface area contributed by atoms with Gasteiger partial charge in [0.2, 0.25) is 0 Å². The van der Waals surface area contributed by atoms with Gasteiger partial charge in [0.15, 0.2) is 6.04 Å². The van der Waals surface area contributed by atoms with Gasteiger partial charge in [-0.1, -0.05) is 60.7 Å². The van der Waals surface area contributed by atoms with Crippen LogP contribution in [0.15, 0.2) is 60.7 Å². The molecule has 2 atom stereocenters. The number of Topliss-reactive ketones (excluding diaryl/α,β-unsaturated/α-hetero) is 1. The molecule has 6 nitrogen and oxygen atoms in total. The van der Waals surface area contributed by atoms with Crippen LogP contribution in [0.4, 0.5) is 0 Å². The van der Waals surface area contributed by atoms with Gasteiger partial charge >= 0.3 is 11.8 Å². The number of hydroxylamine groups is 1. The summed E-state index contributed by atoms with van der Waals surface area (Å²) in [4.78, 5) is 43.2. The normalized spacial score (nSPS) is 20.0. The smallest absolute Gasteiger partial charge is 0.282 e. The van der Waals surface area contributed by atoms with Crippen LogP contribution in [0, 0.1) is 0 Å². The van der Waals surface area contributed by atoms with Crippen LogP contribution in [0.1, 0.15) is 24.0 Å². The van der Waals surface area contributed by atoms with Crippen LogP contribution in [0.5, 0.6) is 0 Å². The van der Waals surface area contributed by atoms with Crippen LogP contribution in [0.25, 0.3) is 0 Å². The summed E-state index contributed by atoms with van der Waals surface area (Å²) in [7, 11) is 1.28. The number of carbonyl (C=O) groups is 3. The molecule has 1 aliphatic heterocycles. The molecule has 1 aliphatic rings. The van der Waals surface area contributed by atoms with E-state index in [0.29, 0.717) is 32.4 Å². The summed E-state index contributed by atoms with van der Waals surface area (Å²) < 4.78 is -0.0329. The van der Waals surface area contributed by atoms with Crippen molar-refractivity contribution in [3.05, 3.63) is 71.8 Å². The molecule has 0 aliphatic carbocycles. The molecule has 0 radical (unpaired) electrons. The van der Waals surface area contributed by atoms with E-state index in [2.05, 4.69) is 10.3 Å². The van der Waals surface area contributed by atoms with Gasteiger partial charge < -0.3 is 0 Å². The average Bonchev–Trinajstić information content (AvgIpc) is 3.08. The Morgan fingerprint density at radius 2 is 1.64 bits per heavy atom. The lowest BCUT2D eigenvalue weighted by Gasteiger charge is -2.38. The highest BCUT2D eigenvalue weighted by molar-refractivity contribution is 6.37. The zero-order chi connectivity index (χ0) is 20.0. The van der Waals surface area contributed by atoms with Crippen LogP contribution in [-0.4, -0.2) is 41.8 Å². The number of likely N-dealkylation sites (tertiary alicyclic amines) is 1. The fourth-order valence-electron chi connectivity index (χ4n) is 4.00. The van der Waals surface area contributed by atoms with E-state index in [9.17, 15) is 14.4 Å². The number of benzene rings is 2. The third kappa shape index (κ3) is 4.18. The highest BCUT2D eigenvalue weighted by atomic mass is 16.6. The molecule has 0 saturated carbocycles. The molecule has 146 valence electrons. The van der Waals surface area contributed by atoms with Crippen molar-refractivity contribution in [2.45, 2.75) is 31.8 Å². The summed E-state index contributed by atoms with van der Waals surface area (Å²) in [5, 5.41) is 0. The van der Waals surface area contributed by atoms with Crippen molar-refractivity contribution in [2.24, 2.45) is 0 Å². The van der Waals surface area contributed by atoms with Crippen molar-refractivity contribution in [1.82, 2.24) is 5.48 Å². The maximum Gasteiger partial charge on any atom is 0.317 e. The Labute approximate surface area is 164 Å². The Bertz CT molecular complexity index is 838. The molecule has 0 aromatic heterocycles. The Kier molecular flexibility index (Phi) is 6.34. The first-order valence-electron chi connectivity index (χ1n) is 9.42. The summed E-state index contributed by atoms with van der Waals surface area (Å²) in [6, 6.07) is 18.3. The molecule has 1 fully saturated rings. The molecule has 0 bridgehead atoms. The summed E-state index contributed by atoms with van der Waals surface area (Å²) >= 11 is 0. The van der Waals surface area contributed by atoms with Gasteiger partial charge in [0, 0.05) is 18.4 Å². The van der Waals surface area contributed by atoms with Crippen molar-refractivity contribution in [2.75, 3.05) is 13.7 Å². The average molecular weight is 381 g/mol. The first kappa shape index (κ1) is 19.9. The predicted molar refractivity (Wildman–Crippen MR) is 104 cm³/mol. The summed E-state index contributed by atoms with van der Waals surface area (Å²) in [5.41, 5.74) is 4.00. The van der Waals surface area contributed by atoms with Gasteiger partial charge in [0.25, 0.3) is 5.78 Å². The minimum atomic E-state index is -0.825. The van der Waals surface area contributed by atoms with Gasteiger partial charge in [-0.2, -0.15) is 0 Å². The maximum atomic E-state index is 13.1. The van der Waals surface area contributed by atoms with E-state index in [1.807, 2.05) is 60.7 Å². The topological polar surface area (TPSA) is 72.5 Å². The van der Waals surface area contributed by atoms with Crippen LogP contribution < -0.4 is 5.48 Å². The van der Waals surface area contributed by atoms with Gasteiger partial charge in [0.05, 0.1) is 20.1 Å². The summed E-state index contributed by atoms with van der Waals surface area (Å²) in [6.07, 6.45) is 1.43. The molecule has 1 heterocycles. The zero-order valence-corrected chi connectivity index (χ0v) is 16.0. The third-order valence-corrected chi connectivity index (χ3v) is 5.34. The van der Waals surface area contributed by atoms with E-state index in [1.54, 1.807) is 0 Å². The highest BCUT2D eigenvalue weighted by Crippen LogP contribution is 2.31. The second-order valence-electron chi connectivity index (χ2n) is 7.10. The Morgan fingerprint density at radius 3 is 2.18 bits per heavy atom. The molecule has 2 unspecified atom stereocenters. The van der Waals surface area contributed by atoms with Gasteiger partial charge in [-0.25, -0.2) is 14.8 Å². The number of rotatable bonds is 8. The lowest BCUT2D eigenvalue weighted by Crippen LogP contribution is -2.62. The standard InChI is InChI=1S/C22H24N2O4/c1-28-23-22(27)21(26)19(15-17-9-4-2-5-10-17)24(14-8-13-20(24)25)16-18-11-6-3-7-12-18/h2-7,9-12,19H,8,13-16H2,1H3/p+1. The lowest BCUT2D eigenvalue weighted by atomic mass is 9.97. The van der Waals surface area contributed by atoms with E-state index in [1.165, 1.54) is 7.11 Å². The van der Waals surface area contributed by atoms with Gasteiger partial charge in [-0.3, -0.25) is 14.4 Å². The second kappa shape index (κ2) is 8.91. The Hall–Kier alpha value is -2.83.